The van der Waals surface area contributed by atoms with Crippen LogP contribution in [0.4, 0.5) is 17.3 Å². The number of para-hydroxylation sites is 1. The van der Waals surface area contributed by atoms with Crippen molar-refractivity contribution in [2.24, 2.45) is 0 Å². The van der Waals surface area contributed by atoms with Crippen LogP contribution in [0, 0.1) is 0 Å². The lowest BCUT2D eigenvalue weighted by atomic mass is 9.96. The van der Waals surface area contributed by atoms with Crippen LogP contribution < -0.4 is 15.4 Å². The number of nitrogen functional groups attached to an aromatic ring is 1. The van der Waals surface area contributed by atoms with Gasteiger partial charge < -0.3 is 15.4 Å². The van der Waals surface area contributed by atoms with Gasteiger partial charge in [-0.15, -0.1) is 0 Å². The van der Waals surface area contributed by atoms with E-state index in [1.165, 1.54) is 17.6 Å². The topological polar surface area (TPSA) is 64.3 Å². The van der Waals surface area contributed by atoms with E-state index < -0.39 is 0 Å². The summed E-state index contributed by atoms with van der Waals surface area (Å²) in [5.74, 6) is 1.64. The molecule has 1 atom stereocenters. The number of benzene rings is 1. The largest absolute Gasteiger partial charge is 0.490 e. The Morgan fingerprint density at radius 2 is 2.10 bits per heavy atom. The highest BCUT2D eigenvalue weighted by atomic mass is 16.5. The van der Waals surface area contributed by atoms with Crippen molar-refractivity contribution in [1.82, 2.24) is 9.97 Å². The summed E-state index contributed by atoms with van der Waals surface area (Å²) < 4.78 is 5.40. The molecule has 0 spiro atoms. The van der Waals surface area contributed by atoms with Crippen LogP contribution in [0.15, 0.2) is 30.6 Å². The summed E-state index contributed by atoms with van der Waals surface area (Å²) in [5.41, 5.74) is 8.39. The number of hydrogen-bond donors (Lipinski definition) is 1. The molecule has 1 aromatic heterocycles. The van der Waals surface area contributed by atoms with Crippen LogP contribution in [0.25, 0.3) is 0 Å². The average Bonchev–Trinajstić information content (AvgIpc) is 2.47. The van der Waals surface area contributed by atoms with Gasteiger partial charge in [0.2, 0.25) is 5.75 Å². The normalized spacial score (nSPS) is 17.7. The average molecular weight is 270 g/mol. The Morgan fingerprint density at radius 3 is 2.90 bits per heavy atom. The van der Waals surface area contributed by atoms with Gasteiger partial charge in [-0.3, -0.25) is 0 Å². The Hall–Kier alpha value is -2.30. The fourth-order valence-corrected chi connectivity index (χ4v) is 2.76. The SMILES string of the molecule is COc1c(N)ncnc1N1c2ccccc2CCC1C. The summed E-state index contributed by atoms with van der Waals surface area (Å²) in [4.78, 5) is 10.6. The van der Waals surface area contributed by atoms with Crippen LogP contribution in [-0.2, 0) is 6.42 Å². The smallest absolute Gasteiger partial charge is 0.204 e. The first-order valence-corrected chi connectivity index (χ1v) is 6.74. The fourth-order valence-electron chi connectivity index (χ4n) is 2.76. The zero-order valence-electron chi connectivity index (χ0n) is 11.7. The maximum atomic E-state index is 5.90. The van der Waals surface area contributed by atoms with Crippen molar-refractivity contribution in [3.8, 4) is 5.75 Å². The van der Waals surface area contributed by atoms with Gasteiger partial charge in [-0.25, -0.2) is 9.97 Å². The Kier molecular flexibility index (Phi) is 3.18. The molecule has 0 saturated heterocycles. The summed E-state index contributed by atoms with van der Waals surface area (Å²) in [5, 5.41) is 0. The minimum atomic E-state index is 0.341. The zero-order chi connectivity index (χ0) is 14.1. The Labute approximate surface area is 118 Å². The van der Waals surface area contributed by atoms with Crippen molar-refractivity contribution in [3.63, 3.8) is 0 Å². The molecule has 0 fully saturated rings. The standard InChI is InChI=1S/C15H18N4O/c1-10-7-8-11-5-3-4-6-12(11)19(10)15-13(20-2)14(16)17-9-18-15/h3-6,9-10H,7-8H2,1-2H3,(H2,16,17,18). The van der Waals surface area contributed by atoms with E-state index in [2.05, 4.69) is 40.0 Å². The molecule has 2 aromatic rings. The third-order valence-corrected chi connectivity index (χ3v) is 3.77. The lowest BCUT2D eigenvalue weighted by Crippen LogP contribution is -2.34. The van der Waals surface area contributed by atoms with E-state index in [0.717, 1.165) is 18.7 Å². The van der Waals surface area contributed by atoms with Gasteiger partial charge in [0.15, 0.2) is 11.6 Å². The van der Waals surface area contributed by atoms with E-state index in [-0.39, 0.29) is 0 Å². The molecular weight excluding hydrogens is 252 g/mol. The third-order valence-electron chi connectivity index (χ3n) is 3.77. The van der Waals surface area contributed by atoms with Gasteiger partial charge in [-0.1, -0.05) is 18.2 Å². The van der Waals surface area contributed by atoms with E-state index in [0.29, 0.717) is 17.6 Å². The van der Waals surface area contributed by atoms with Gasteiger partial charge in [0.05, 0.1) is 7.11 Å². The van der Waals surface area contributed by atoms with E-state index in [9.17, 15) is 0 Å². The fraction of sp³-hybridized carbons (Fsp3) is 0.333. The highest BCUT2D eigenvalue weighted by Gasteiger charge is 2.28. The summed E-state index contributed by atoms with van der Waals surface area (Å²) in [6, 6.07) is 8.72. The second-order valence-corrected chi connectivity index (χ2v) is 5.00. The molecule has 5 heteroatoms. The van der Waals surface area contributed by atoms with E-state index in [4.69, 9.17) is 10.5 Å². The number of hydrogen-bond acceptors (Lipinski definition) is 5. The van der Waals surface area contributed by atoms with Crippen LogP contribution in [0.3, 0.4) is 0 Å². The predicted molar refractivity (Wildman–Crippen MR) is 79.4 cm³/mol. The second-order valence-electron chi connectivity index (χ2n) is 5.00. The van der Waals surface area contributed by atoms with Crippen LogP contribution in [0.2, 0.25) is 0 Å². The lowest BCUT2D eigenvalue weighted by Gasteiger charge is -2.36. The van der Waals surface area contributed by atoms with Crippen LogP contribution in [-0.4, -0.2) is 23.1 Å². The number of methoxy groups -OCH3 is 1. The minimum absolute atomic E-state index is 0.341. The molecular formula is C15H18N4O. The van der Waals surface area contributed by atoms with Crippen molar-refractivity contribution < 1.29 is 4.74 Å². The molecule has 104 valence electrons. The number of fused-ring (bicyclic) bond motifs is 1. The maximum Gasteiger partial charge on any atom is 0.204 e. The first kappa shape index (κ1) is 12.7. The van der Waals surface area contributed by atoms with Crippen molar-refractivity contribution >= 4 is 17.3 Å². The summed E-state index contributed by atoms with van der Waals surface area (Å²) >= 11 is 0. The molecule has 5 nitrogen and oxygen atoms in total. The lowest BCUT2D eigenvalue weighted by molar-refractivity contribution is 0.412. The Bertz CT molecular complexity index is 629. The van der Waals surface area contributed by atoms with Crippen LogP contribution >= 0.6 is 0 Å². The highest BCUT2D eigenvalue weighted by molar-refractivity contribution is 5.73. The number of ether oxygens (including phenoxy) is 1. The van der Waals surface area contributed by atoms with Crippen molar-refractivity contribution in [3.05, 3.63) is 36.2 Å². The molecule has 20 heavy (non-hydrogen) atoms. The maximum absolute atomic E-state index is 5.90. The summed E-state index contributed by atoms with van der Waals surface area (Å²) in [7, 11) is 1.60. The molecule has 2 N–H and O–H groups in total. The molecule has 3 rings (SSSR count). The zero-order valence-corrected chi connectivity index (χ0v) is 11.7. The molecule has 0 bridgehead atoms. The molecule has 0 amide bonds. The number of nitrogens with zero attached hydrogens (tertiary/aromatic N) is 3. The molecule has 1 aromatic carbocycles. The predicted octanol–water partition coefficient (Wildman–Crippen LogP) is 2.54. The first-order valence-electron chi connectivity index (χ1n) is 6.74. The Balaban J connectivity index is 2.17. The quantitative estimate of drug-likeness (QED) is 0.908. The van der Waals surface area contributed by atoms with Crippen molar-refractivity contribution in [2.45, 2.75) is 25.8 Å². The molecule has 1 aliphatic heterocycles. The van der Waals surface area contributed by atoms with Gasteiger partial charge in [0.1, 0.15) is 6.33 Å². The molecule has 0 aliphatic carbocycles. The number of aromatic nitrogens is 2. The third kappa shape index (κ3) is 1.95. The molecule has 1 unspecified atom stereocenters. The van der Waals surface area contributed by atoms with Crippen molar-refractivity contribution in [2.75, 3.05) is 17.7 Å². The van der Waals surface area contributed by atoms with E-state index in [1.807, 2.05) is 6.07 Å². The molecule has 1 aliphatic rings. The minimum Gasteiger partial charge on any atom is -0.490 e. The van der Waals surface area contributed by atoms with Gasteiger partial charge in [-0.2, -0.15) is 0 Å². The number of nitrogens with two attached hydrogens (primary N) is 1. The monoisotopic (exact) mass is 270 g/mol. The molecule has 0 radical (unpaired) electrons. The van der Waals surface area contributed by atoms with Gasteiger partial charge >= 0.3 is 0 Å². The van der Waals surface area contributed by atoms with Gasteiger partial charge in [0.25, 0.3) is 0 Å². The summed E-state index contributed by atoms with van der Waals surface area (Å²) in [6.45, 7) is 2.19. The highest BCUT2D eigenvalue weighted by Crippen LogP contribution is 2.41. The van der Waals surface area contributed by atoms with Gasteiger partial charge in [0, 0.05) is 11.7 Å². The summed E-state index contributed by atoms with van der Waals surface area (Å²) in [6.07, 6.45) is 3.64. The van der Waals surface area contributed by atoms with E-state index >= 15 is 0 Å². The van der Waals surface area contributed by atoms with Crippen LogP contribution in [0.1, 0.15) is 18.9 Å². The number of aryl methyl sites for hydroxylation is 1. The van der Waals surface area contributed by atoms with Crippen LogP contribution in [0.5, 0.6) is 5.75 Å². The second kappa shape index (κ2) is 5.00. The van der Waals surface area contributed by atoms with E-state index in [1.54, 1.807) is 7.11 Å². The number of rotatable bonds is 2. The van der Waals surface area contributed by atoms with Gasteiger partial charge in [-0.05, 0) is 31.4 Å². The molecule has 2 heterocycles. The Morgan fingerprint density at radius 1 is 1.30 bits per heavy atom. The van der Waals surface area contributed by atoms with Crippen molar-refractivity contribution in [1.29, 1.82) is 0 Å². The first-order chi connectivity index (χ1) is 9.72. The number of anilines is 3. The molecule has 0 saturated carbocycles.